The SMILES string of the molecule is CCCCCCCCCCCCCCCCCCCCCC/C=C/C(O)C(COC1OC(CO)C(O)C(OS(=O)(=O)O)C1O)NC(=O)CCCCCCCCCCCCCCC. The Hall–Kier alpha value is -1.16. The Balaban J connectivity index is 2.43. The lowest BCUT2D eigenvalue weighted by atomic mass is 9.99. The number of hydrogen-bond acceptors (Lipinski definition) is 10. The van der Waals surface area contributed by atoms with Crippen LogP contribution in [0.25, 0.3) is 0 Å². The van der Waals surface area contributed by atoms with Crippen LogP contribution in [0.5, 0.6) is 0 Å². The number of amides is 1. The Morgan fingerprint density at radius 1 is 0.629 bits per heavy atom. The number of unbranched alkanes of at least 4 members (excludes halogenated alkanes) is 32. The second kappa shape index (κ2) is 40.1. The number of allylic oxidation sites excluding steroid dienone is 1. The predicted octanol–water partition coefficient (Wildman–Crippen LogP) is 10.7. The van der Waals surface area contributed by atoms with Gasteiger partial charge in [0.25, 0.3) is 0 Å². The van der Waals surface area contributed by atoms with Crippen molar-refractivity contribution in [2.24, 2.45) is 0 Å². The third kappa shape index (κ3) is 32.5. The summed E-state index contributed by atoms with van der Waals surface area (Å²) in [6, 6.07) is -0.938. The molecule has 1 fully saturated rings. The summed E-state index contributed by atoms with van der Waals surface area (Å²) in [5.41, 5.74) is 0. The number of carbonyl (C=O) groups excluding carboxylic acids is 1. The largest absolute Gasteiger partial charge is 0.397 e. The molecule has 0 radical (unpaired) electrons. The van der Waals surface area contributed by atoms with E-state index in [0.29, 0.717) is 6.42 Å². The maximum Gasteiger partial charge on any atom is 0.397 e. The van der Waals surface area contributed by atoms with Crippen molar-refractivity contribution < 1.29 is 51.8 Å². The van der Waals surface area contributed by atoms with E-state index < -0.39 is 59.9 Å². The molecule has 0 aromatic rings. The Bertz CT molecular complexity index is 1160. The second-order valence-electron chi connectivity index (χ2n) is 18.1. The lowest BCUT2D eigenvalue weighted by Gasteiger charge is -2.41. The van der Waals surface area contributed by atoms with E-state index >= 15 is 0 Å². The Labute approximate surface area is 379 Å². The minimum absolute atomic E-state index is 0.260. The number of carbonyl (C=O) groups is 1. The van der Waals surface area contributed by atoms with Crippen molar-refractivity contribution >= 4 is 16.3 Å². The van der Waals surface area contributed by atoms with Crippen molar-refractivity contribution in [3.8, 4) is 0 Å². The van der Waals surface area contributed by atoms with Gasteiger partial charge in [0.1, 0.15) is 24.4 Å². The molecule has 1 aliphatic heterocycles. The second-order valence-corrected chi connectivity index (χ2v) is 19.2. The zero-order valence-electron chi connectivity index (χ0n) is 39.5. The van der Waals surface area contributed by atoms with Crippen LogP contribution >= 0.6 is 0 Å². The van der Waals surface area contributed by atoms with E-state index in [2.05, 4.69) is 23.3 Å². The van der Waals surface area contributed by atoms with Crippen LogP contribution in [0.3, 0.4) is 0 Å². The quantitative estimate of drug-likeness (QED) is 0.0194. The summed E-state index contributed by atoms with van der Waals surface area (Å²) in [4.78, 5) is 13.0. The molecule has 368 valence electrons. The van der Waals surface area contributed by atoms with Crippen LogP contribution in [0.15, 0.2) is 12.2 Å². The molecular weight excluding hydrogens is 811 g/mol. The first-order valence-corrected chi connectivity index (χ1v) is 26.9. The standard InChI is InChI=1S/C49H95NO11S/c1-3-5-7-9-11-13-15-17-18-19-20-21-22-23-24-25-27-28-30-32-34-36-38-43(52)42(41-59-49-47(55)48(61-62(56,57)58)46(54)44(40-51)60-49)50-45(53)39-37-35-33-31-29-26-16-14-12-10-8-6-4-2/h36,38,42-44,46-49,51-52,54-55H,3-35,37,39-41H2,1-2H3,(H,50,53)(H,56,57,58)/b38-36+. The summed E-state index contributed by atoms with van der Waals surface area (Å²) in [5.74, 6) is -0.260. The van der Waals surface area contributed by atoms with Gasteiger partial charge in [0, 0.05) is 6.42 Å². The third-order valence-electron chi connectivity index (χ3n) is 12.3. The van der Waals surface area contributed by atoms with Gasteiger partial charge in [-0.25, -0.2) is 4.18 Å². The highest BCUT2D eigenvalue weighted by molar-refractivity contribution is 7.80. The molecular formula is C49H95NO11S. The molecule has 7 unspecified atom stereocenters. The first-order chi connectivity index (χ1) is 30.0. The van der Waals surface area contributed by atoms with Gasteiger partial charge in [-0.3, -0.25) is 9.35 Å². The van der Waals surface area contributed by atoms with Crippen molar-refractivity contribution in [2.75, 3.05) is 13.2 Å². The van der Waals surface area contributed by atoms with Crippen molar-refractivity contribution in [1.82, 2.24) is 5.32 Å². The van der Waals surface area contributed by atoms with Gasteiger partial charge in [0.2, 0.25) is 5.91 Å². The number of aliphatic hydroxyl groups excluding tert-OH is 4. The van der Waals surface area contributed by atoms with Gasteiger partial charge in [-0.1, -0.05) is 225 Å². The highest BCUT2D eigenvalue weighted by atomic mass is 32.3. The van der Waals surface area contributed by atoms with Gasteiger partial charge in [-0.15, -0.1) is 0 Å². The lowest BCUT2D eigenvalue weighted by molar-refractivity contribution is -0.298. The normalized spacial score (nSPS) is 20.5. The fourth-order valence-electron chi connectivity index (χ4n) is 8.34. The fraction of sp³-hybridized carbons (Fsp3) is 0.939. The van der Waals surface area contributed by atoms with Crippen LogP contribution in [0, 0.1) is 0 Å². The fourth-order valence-corrected chi connectivity index (χ4v) is 8.85. The van der Waals surface area contributed by atoms with Gasteiger partial charge in [0.15, 0.2) is 6.29 Å². The number of aliphatic hydroxyl groups is 4. The summed E-state index contributed by atoms with van der Waals surface area (Å²) < 4.78 is 47.7. The Kier molecular flexibility index (Phi) is 38.1. The summed E-state index contributed by atoms with van der Waals surface area (Å²) in [5, 5.41) is 44.8. The van der Waals surface area contributed by atoms with Crippen LogP contribution in [-0.2, 0) is 28.9 Å². The van der Waals surface area contributed by atoms with E-state index in [1.165, 1.54) is 173 Å². The van der Waals surface area contributed by atoms with Crippen molar-refractivity contribution in [3.63, 3.8) is 0 Å². The van der Waals surface area contributed by atoms with Gasteiger partial charge >= 0.3 is 10.4 Å². The molecule has 1 heterocycles. The molecule has 1 rings (SSSR count). The third-order valence-corrected chi connectivity index (χ3v) is 12.8. The Morgan fingerprint density at radius 2 is 1.02 bits per heavy atom. The molecule has 6 N–H and O–H groups in total. The molecule has 1 saturated heterocycles. The molecule has 0 spiro atoms. The average Bonchev–Trinajstić information content (AvgIpc) is 3.24. The maximum atomic E-state index is 13.0. The summed E-state index contributed by atoms with van der Waals surface area (Å²) >= 11 is 0. The highest BCUT2D eigenvalue weighted by Crippen LogP contribution is 2.26. The molecule has 12 nitrogen and oxygen atoms in total. The van der Waals surface area contributed by atoms with E-state index in [9.17, 15) is 38.2 Å². The minimum Gasteiger partial charge on any atom is -0.394 e. The molecule has 1 amide bonds. The summed E-state index contributed by atoms with van der Waals surface area (Å²) in [6.07, 6.45) is 36.8. The molecule has 7 atom stereocenters. The molecule has 1 aliphatic rings. The first-order valence-electron chi connectivity index (χ1n) is 25.6. The van der Waals surface area contributed by atoms with E-state index in [0.717, 1.165) is 38.5 Å². The highest BCUT2D eigenvalue weighted by Gasteiger charge is 2.48. The van der Waals surface area contributed by atoms with E-state index in [1.54, 1.807) is 6.08 Å². The van der Waals surface area contributed by atoms with E-state index in [1.807, 2.05) is 6.08 Å². The van der Waals surface area contributed by atoms with Gasteiger partial charge in [-0.05, 0) is 19.3 Å². The van der Waals surface area contributed by atoms with Crippen LogP contribution in [0.1, 0.15) is 239 Å². The van der Waals surface area contributed by atoms with Crippen molar-refractivity contribution in [1.29, 1.82) is 0 Å². The van der Waals surface area contributed by atoms with Crippen molar-refractivity contribution in [3.05, 3.63) is 12.2 Å². The Morgan fingerprint density at radius 3 is 1.40 bits per heavy atom. The average molecular weight is 906 g/mol. The minimum atomic E-state index is -5.08. The zero-order valence-corrected chi connectivity index (χ0v) is 40.3. The van der Waals surface area contributed by atoms with E-state index in [-0.39, 0.29) is 18.9 Å². The van der Waals surface area contributed by atoms with Crippen LogP contribution < -0.4 is 5.32 Å². The van der Waals surface area contributed by atoms with Crippen molar-refractivity contribution in [2.45, 2.75) is 281 Å². The smallest absolute Gasteiger partial charge is 0.394 e. The lowest BCUT2D eigenvalue weighted by Crippen LogP contribution is -2.61. The summed E-state index contributed by atoms with van der Waals surface area (Å²) in [7, 11) is -5.08. The van der Waals surface area contributed by atoms with Gasteiger partial charge in [0.05, 0.1) is 25.4 Å². The van der Waals surface area contributed by atoms with Crippen LogP contribution in [-0.4, -0.2) is 95.4 Å². The number of nitrogens with one attached hydrogen (secondary N) is 1. The number of hydrogen-bond donors (Lipinski definition) is 6. The number of ether oxygens (including phenoxy) is 2. The number of rotatable bonds is 44. The molecule has 62 heavy (non-hydrogen) atoms. The maximum absolute atomic E-state index is 13.0. The first kappa shape index (κ1) is 58.9. The van der Waals surface area contributed by atoms with Crippen LogP contribution in [0.2, 0.25) is 0 Å². The summed E-state index contributed by atoms with van der Waals surface area (Å²) in [6.45, 7) is 3.41. The topological polar surface area (TPSA) is 192 Å². The van der Waals surface area contributed by atoms with Crippen LogP contribution in [0.4, 0.5) is 0 Å². The molecule has 0 aromatic heterocycles. The van der Waals surface area contributed by atoms with Gasteiger partial charge < -0.3 is 35.2 Å². The van der Waals surface area contributed by atoms with E-state index in [4.69, 9.17) is 9.47 Å². The monoisotopic (exact) mass is 906 g/mol. The molecule has 0 bridgehead atoms. The van der Waals surface area contributed by atoms with Gasteiger partial charge in [-0.2, -0.15) is 8.42 Å². The predicted molar refractivity (Wildman–Crippen MR) is 250 cm³/mol. The molecule has 0 saturated carbocycles. The molecule has 13 heteroatoms. The zero-order chi connectivity index (χ0) is 45.5. The molecule has 0 aromatic carbocycles. The molecule has 0 aliphatic carbocycles.